The molecule has 194 valence electrons. The summed E-state index contributed by atoms with van der Waals surface area (Å²) in [4.78, 5) is 18.9. The van der Waals surface area contributed by atoms with Gasteiger partial charge in [0.15, 0.2) is 5.11 Å². The Balaban J connectivity index is 1.49. The van der Waals surface area contributed by atoms with E-state index < -0.39 is 5.97 Å². The van der Waals surface area contributed by atoms with Gasteiger partial charge in [-0.15, -0.1) is 0 Å². The molecule has 1 aliphatic heterocycles. The SMILES string of the molecule is Cc1cc([C@H]2[C@@H](c3ccccn3)NC(=S)N2CCCNc2ccccc2)c(C)n1-c1ccccc1C(=O)O. The first-order chi connectivity index (χ1) is 18.5. The number of para-hydroxylation sites is 2. The number of carboxylic acids is 1. The molecule has 0 radical (unpaired) electrons. The Kier molecular flexibility index (Phi) is 7.42. The number of carbonyl (C=O) groups is 1. The number of nitrogens with zero attached hydrogens (tertiary/aromatic N) is 3. The lowest BCUT2D eigenvalue weighted by Crippen LogP contribution is -2.31. The average Bonchev–Trinajstić information content (AvgIpc) is 3.41. The van der Waals surface area contributed by atoms with Crippen LogP contribution in [0.2, 0.25) is 0 Å². The fraction of sp³-hybridized carbons (Fsp3) is 0.233. The van der Waals surface area contributed by atoms with Crippen LogP contribution in [0.5, 0.6) is 0 Å². The van der Waals surface area contributed by atoms with Crippen molar-refractivity contribution in [1.82, 2.24) is 19.8 Å². The van der Waals surface area contributed by atoms with Crippen molar-refractivity contribution in [3.05, 3.63) is 113 Å². The minimum atomic E-state index is -0.947. The van der Waals surface area contributed by atoms with Gasteiger partial charge in [-0.2, -0.15) is 0 Å². The maximum Gasteiger partial charge on any atom is 0.337 e. The first kappa shape index (κ1) is 25.5. The summed E-state index contributed by atoms with van der Waals surface area (Å²) < 4.78 is 2.03. The van der Waals surface area contributed by atoms with E-state index in [9.17, 15) is 9.90 Å². The van der Waals surface area contributed by atoms with Gasteiger partial charge in [0.25, 0.3) is 0 Å². The number of aryl methyl sites for hydroxylation is 1. The van der Waals surface area contributed by atoms with Gasteiger partial charge in [-0.05, 0) is 80.5 Å². The Labute approximate surface area is 228 Å². The zero-order valence-electron chi connectivity index (χ0n) is 21.5. The molecule has 8 heteroatoms. The molecule has 0 aliphatic carbocycles. The second-order valence-electron chi connectivity index (χ2n) is 9.45. The van der Waals surface area contributed by atoms with Gasteiger partial charge >= 0.3 is 5.97 Å². The number of hydrogen-bond donors (Lipinski definition) is 3. The van der Waals surface area contributed by atoms with Crippen LogP contribution in [0.15, 0.2) is 85.1 Å². The van der Waals surface area contributed by atoms with Crippen LogP contribution in [-0.2, 0) is 0 Å². The predicted octanol–water partition coefficient (Wildman–Crippen LogP) is 5.66. The predicted molar refractivity (Wildman–Crippen MR) is 154 cm³/mol. The Hall–Kier alpha value is -4.17. The van der Waals surface area contributed by atoms with Crippen LogP contribution < -0.4 is 10.6 Å². The number of hydrogen-bond acceptors (Lipinski definition) is 4. The lowest BCUT2D eigenvalue weighted by atomic mass is 9.96. The van der Waals surface area contributed by atoms with Gasteiger partial charge in [-0.25, -0.2) is 4.79 Å². The molecule has 0 spiro atoms. The molecule has 0 bridgehead atoms. The summed E-state index contributed by atoms with van der Waals surface area (Å²) >= 11 is 5.85. The van der Waals surface area contributed by atoms with Gasteiger partial charge in [0.05, 0.1) is 29.0 Å². The fourth-order valence-corrected chi connectivity index (χ4v) is 5.66. The Morgan fingerprint density at radius 3 is 2.53 bits per heavy atom. The van der Waals surface area contributed by atoms with E-state index in [0.717, 1.165) is 47.8 Å². The number of carboxylic acid groups (broad SMARTS) is 1. The molecule has 1 aliphatic rings. The van der Waals surface area contributed by atoms with Gasteiger partial charge in [-0.3, -0.25) is 4.98 Å². The number of rotatable bonds is 9. The number of thiocarbonyl (C=S) groups is 1. The smallest absolute Gasteiger partial charge is 0.337 e. The molecule has 1 fully saturated rings. The van der Waals surface area contributed by atoms with Crippen molar-refractivity contribution in [3.8, 4) is 5.69 Å². The van der Waals surface area contributed by atoms with Crippen molar-refractivity contribution in [2.75, 3.05) is 18.4 Å². The Morgan fingerprint density at radius 2 is 1.79 bits per heavy atom. The van der Waals surface area contributed by atoms with Gasteiger partial charge in [0.1, 0.15) is 0 Å². The summed E-state index contributed by atoms with van der Waals surface area (Å²) in [6.07, 6.45) is 2.69. The van der Waals surface area contributed by atoms with Crippen LogP contribution in [0.3, 0.4) is 0 Å². The normalized spacial score (nSPS) is 16.9. The maximum atomic E-state index is 12.0. The Bertz CT molecular complexity index is 1440. The maximum absolute atomic E-state index is 12.0. The second-order valence-corrected chi connectivity index (χ2v) is 9.84. The molecule has 2 aromatic carbocycles. The van der Waals surface area contributed by atoms with E-state index in [-0.39, 0.29) is 17.6 Å². The lowest BCUT2D eigenvalue weighted by Gasteiger charge is -2.28. The topological polar surface area (TPSA) is 82.4 Å². The van der Waals surface area contributed by atoms with Crippen molar-refractivity contribution in [1.29, 1.82) is 0 Å². The highest BCUT2D eigenvalue weighted by Crippen LogP contribution is 2.41. The zero-order valence-corrected chi connectivity index (χ0v) is 22.3. The molecule has 3 heterocycles. The molecule has 0 unspecified atom stereocenters. The van der Waals surface area contributed by atoms with Gasteiger partial charge in [0.2, 0.25) is 0 Å². The van der Waals surface area contributed by atoms with Gasteiger partial charge in [0, 0.05) is 36.4 Å². The zero-order chi connectivity index (χ0) is 26.6. The quantitative estimate of drug-likeness (QED) is 0.192. The second kappa shape index (κ2) is 11.1. The summed E-state index contributed by atoms with van der Waals surface area (Å²) in [7, 11) is 0. The average molecular weight is 526 g/mol. The molecule has 4 aromatic rings. The van der Waals surface area contributed by atoms with Crippen LogP contribution in [0.1, 0.15) is 51.5 Å². The Morgan fingerprint density at radius 1 is 1.05 bits per heavy atom. The van der Waals surface area contributed by atoms with Crippen LogP contribution in [0.25, 0.3) is 5.69 Å². The van der Waals surface area contributed by atoms with Crippen molar-refractivity contribution in [2.24, 2.45) is 0 Å². The molecule has 0 saturated carbocycles. The van der Waals surface area contributed by atoms with E-state index in [1.54, 1.807) is 18.3 Å². The number of anilines is 1. The number of benzene rings is 2. The van der Waals surface area contributed by atoms with Crippen molar-refractivity contribution in [2.45, 2.75) is 32.4 Å². The van der Waals surface area contributed by atoms with E-state index >= 15 is 0 Å². The molecule has 38 heavy (non-hydrogen) atoms. The number of pyridine rings is 1. The molecule has 5 rings (SSSR count). The highest BCUT2D eigenvalue weighted by molar-refractivity contribution is 7.80. The van der Waals surface area contributed by atoms with Crippen molar-refractivity contribution >= 4 is 29.0 Å². The molecule has 3 N–H and O–H groups in total. The summed E-state index contributed by atoms with van der Waals surface area (Å²) in [6, 6.07) is 25.1. The summed E-state index contributed by atoms with van der Waals surface area (Å²) in [5, 5.41) is 17.5. The molecule has 0 amide bonds. The molecule has 2 aromatic heterocycles. The van der Waals surface area contributed by atoms with Gasteiger partial charge in [-0.1, -0.05) is 36.4 Å². The minimum absolute atomic E-state index is 0.0916. The standard InChI is InChI=1S/C30H31N5O2S/c1-20-19-24(21(2)35(20)26-15-7-6-13-23(26)29(36)37)28-27(25-14-8-9-16-32-25)33-30(38)34(28)18-10-17-31-22-11-4-3-5-12-22/h3-9,11-16,19,27-28,31H,10,17-18H2,1-2H3,(H,33,38)(H,36,37)/t27-,28+/m1/s1. The summed E-state index contributed by atoms with van der Waals surface area (Å²) in [5.74, 6) is -0.947. The van der Waals surface area contributed by atoms with E-state index in [0.29, 0.717) is 10.8 Å². The van der Waals surface area contributed by atoms with Crippen LogP contribution in [-0.4, -0.2) is 43.7 Å². The molecule has 2 atom stereocenters. The fourth-order valence-electron chi connectivity index (χ4n) is 5.33. The highest BCUT2D eigenvalue weighted by atomic mass is 32.1. The van der Waals surface area contributed by atoms with Gasteiger partial charge < -0.3 is 25.2 Å². The first-order valence-electron chi connectivity index (χ1n) is 12.7. The minimum Gasteiger partial charge on any atom is -0.478 e. The van der Waals surface area contributed by atoms with E-state index in [1.807, 2.05) is 66.9 Å². The van der Waals surface area contributed by atoms with E-state index in [4.69, 9.17) is 12.2 Å². The monoisotopic (exact) mass is 525 g/mol. The highest BCUT2D eigenvalue weighted by Gasteiger charge is 2.41. The third-order valence-electron chi connectivity index (χ3n) is 7.04. The lowest BCUT2D eigenvalue weighted by molar-refractivity contribution is 0.0697. The van der Waals surface area contributed by atoms with E-state index in [1.165, 1.54) is 0 Å². The first-order valence-corrected chi connectivity index (χ1v) is 13.1. The molecule has 7 nitrogen and oxygen atoms in total. The van der Waals surface area contributed by atoms with Crippen LogP contribution >= 0.6 is 12.2 Å². The number of aromatic carboxylic acids is 1. The number of nitrogens with one attached hydrogen (secondary N) is 2. The summed E-state index contributed by atoms with van der Waals surface area (Å²) in [6.45, 7) is 5.64. The molecular weight excluding hydrogens is 494 g/mol. The van der Waals surface area contributed by atoms with Crippen LogP contribution in [0, 0.1) is 13.8 Å². The molecule has 1 saturated heterocycles. The van der Waals surface area contributed by atoms with Crippen molar-refractivity contribution < 1.29 is 9.90 Å². The van der Waals surface area contributed by atoms with Crippen LogP contribution in [0.4, 0.5) is 5.69 Å². The molecular formula is C30H31N5O2S. The third kappa shape index (κ3) is 4.99. The largest absolute Gasteiger partial charge is 0.478 e. The van der Waals surface area contributed by atoms with Crippen molar-refractivity contribution in [3.63, 3.8) is 0 Å². The number of aromatic nitrogens is 2. The summed E-state index contributed by atoms with van der Waals surface area (Å²) in [5.41, 5.74) is 5.99. The van der Waals surface area contributed by atoms with E-state index in [2.05, 4.69) is 38.7 Å². The third-order valence-corrected chi connectivity index (χ3v) is 7.39.